The Labute approximate surface area is 207 Å². The summed E-state index contributed by atoms with van der Waals surface area (Å²) in [7, 11) is 0. The van der Waals surface area contributed by atoms with E-state index in [0.717, 1.165) is 10.9 Å². The first-order valence-corrected chi connectivity index (χ1v) is 12.3. The zero-order chi connectivity index (χ0) is 25.2. The normalized spacial score (nSPS) is 15.1. The van der Waals surface area contributed by atoms with Crippen LogP contribution in [0.25, 0.3) is 10.2 Å². The van der Waals surface area contributed by atoms with Gasteiger partial charge >= 0.3 is 0 Å². The van der Waals surface area contributed by atoms with E-state index in [0.29, 0.717) is 42.4 Å². The van der Waals surface area contributed by atoms with Crippen LogP contribution in [0.3, 0.4) is 0 Å². The first kappa shape index (κ1) is 24.9. The topological polar surface area (TPSA) is 109 Å². The molecule has 0 spiro atoms. The maximum absolute atomic E-state index is 13.6. The van der Waals surface area contributed by atoms with Gasteiger partial charge in [0.1, 0.15) is 12.4 Å². The molecule has 11 heteroatoms. The highest BCUT2D eigenvalue weighted by molar-refractivity contribution is 7.17. The fraction of sp³-hybridized carbons (Fsp3) is 0.458. The number of rotatable bonds is 8. The highest BCUT2D eigenvalue weighted by Gasteiger charge is 2.33. The Morgan fingerprint density at radius 1 is 1.29 bits per heavy atom. The summed E-state index contributed by atoms with van der Waals surface area (Å²) in [6.07, 6.45) is 2.72. The molecule has 1 aliphatic heterocycles. The van der Waals surface area contributed by atoms with Gasteiger partial charge in [-0.15, -0.1) is 11.3 Å². The summed E-state index contributed by atoms with van der Waals surface area (Å²) in [5.74, 6) is -0.303. The molecule has 1 saturated heterocycles. The quantitative estimate of drug-likeness (QED) is 0.488. The molecule has 2 N–H and O–H groups in total. The molecule has 4 heterocycles. The van der Waals surface area contributed by atoms with Crippen LogP contribution in [0.1, 0.15) is 49.8 Å². The molecule has 3 aromatic rings. The molecule has 0 bridgehead atoms. The Balaban J connectivity index is 1.38. The first-order valence-electron chi connectivity index (χ1n) is 11.4. The van der Waals surface area contributed by atoms with Gasteiger partial charge in [-0.2, -0.15) is 0 Å². The maximum atomic E-state index is 13.6. The van der Waals surface area contributed by atoms with E-state index in [9.17, 15) is 14.0 Å². The lowest BCUT2D eigenvalue weighted by Crippen LogP contribution is -2.54. The molecule has 0 aliphatic carbocycles. The largest absolute Gasteiger partial charge is 0.366 e. The second-order valence-electron chi connectivity index (χ2n) is 9.61. The standard InChI is InChI=1S/C24H29FN6O3S/c1-14(16-7-17(25)10-26-9-16)28-23-29-18-5-6-35-21(18)20(30-23)22(33)31-11-15(12-31)8-27-19(32)13-34-24(2,3)4/h5-7,9-10,14-15H,8,11-13H2,1-4H3,(H,27,32)(H,28,29,30)/t14-/m0/s1. The number of carbonyl (C=O) groups is 2. The minimum atomic E-state index is -0.425. The van der Waals surface area contributed by atoms with Crippen molar-refractivity contribution in [3.05, 3.63) is 47.0 Å². The van der Waals surface area contributed by atoms with Gasteiger partial charge in [-0.05, 0) is 50.8 Å². The van der Waals surface area contributed by atoms with Crippen molar-refractivity contribution >= 4 is 39.3 Å². The molecule has 0 radical (unpaired) electrons. The third-order valence-electron chi connectivity index (χ3n) is 5.55. The second-order valence-corrected chi connectivity index (χ2v) is 10.5. The zero-order valence-corrected chi connectivity index (χ0v) is 21.0. The minimum absolute atomic E-state index is 0.00997. The van der Waals surface area contributed by atoms with E-state index in [1.54, 1.807) is 11.1 Å². The molecular weight excluding hydrogens is 471 g/mol. The average molecular weight is 501 g/mol. The Morgan fingerprint density at radius 2 is 2.06 bits per heavy atom. The summed E-state index contributed by atoms with van der Waals surface area (Å²) in [5.41, 5.74) is 1.27. The number of carbonyl (C=O) groups excluding carboxylic acids is 2. The SMILES string of the molecule is C[C@H](Nc1nc(C(=O)N2CC(CNC(=O)COC(C)(C)C)C2)c2sccc2n1)c1cncc(F)c1. The fourth-order valence-electron chi connectivity index (χ4n) is 3.62. The summed E-state index contributed by atoms with van der Waals surface area (Å²) in [6, 6.07) is 2.93. The van der Waals surface area contributed by atoms with Crippen molar-refractivity contribution in [1.82, 2.24) is 25.2 Å². The number of hydrogen-bond donors (Lipinski definition) is 2. The molecule has 1 atom stereocenters. The monoisotopic (exact) mass is 500 g/mol. The Bertz CT molecular complexity index is 1220. The summed E-state index contributed by atoms with van der Waals surface area (Å²) >= 11 is 1.41. The van der Waals surface area contributed by atoms with Crippen molar-refractivity contribution in [3.8, 4) is 0 Å². The van der Waals surface area contributed by atoms with E-state index in [4.69, 9.17) is 4.74 Å². The lowest BCUT2D eigenvalue weighted by atomic mass is 9.99. The third kappa shape index (κ3) is 6.29. The highest BCUT2D eigenvalue weighted by atomic mass is 32.1. The molecule has 3 aromatic heterocycles. The van der Waals surface area contributed by atoms with Gasteiger partial charge in [-0.25, -0.2) is 14.4 Å². The van der Waals surface area contributed by atoms with Crippen molar-refractivity contribution in [2.24, 2.45) is 5.92 Å². The second kappa shape index (κ2) is 10.2. The predicted molar refractivity (Wildman–Crippen MR) is 132 cm³/mol. The van der Waals surface area contributed by atoms with Gasteiger partial charge in [0.2, 0.25) is 11.9 Å². The minimum Gasteiger partial charge on any atom is -0.366 e. The van der Waals surface area contributed by atoms with Gasteiger partial charge in [0.15, 0.2) is 5.69 Å². The number of pyridine rings is 1. The van der Waals surface area contributed by atoms with Crippen LogP contribution in [0.2, 0.25) is 0 Å². The number of likely N-dealkylation sites (tertiary alicyclic amines) is 1. The van der Waals surface area contributed by atoms with Crippen molar-refractivity contribution < 1.29 is 18.7 Å². The highest BCUT2D eigenvalue weighted by Crippen LogP contribution is 2.28. The molecule has 0 saturated carbocycles. The Hall–Kier alpha value is -3.18. The van der Waals surface area contributed by atoms with Crippen molar-refractivity contribution in [3.63, 3.8) is 0 Å². The summed E-state index contributed by atoms with van der Waals surface area (Å²) in [6.45, 7) is 9.10. The van der Waals surface area contributed by atoms with Crippen LogP contribution in [0.15, 0.2) is 29.9 Å². The predicted octanol–water partition coefficient (Wildman–Crippen LogP) is 3.40. The number of anilines is 1. The molecule has 1 aliphatic rings. The van der Waals surface area contributed by atoms with Crippen molar-refractivity contribution in [2.75, 3.05) is 31.6 Å². The van der Waals surface area contributed by atoms with Crippen LogP contribution < -0.4 is 10.6 Å². The number of ether oxygens (including phenoxy) is 1. The number of fused-ring (bicyclic) bond motifs is 1. The number of hydrogen-bond acceptors (Lipinski definition) is 8. The average Bonchev–Trinajstić information content (AvgIpc) is 3.24. The van der Waals surface area contributed by atoms with E-state index in [-0.39, 0.29) is 36.0 Å². The van der Waals surface area contributed by atoms with Crippen molar-refractivity contribution in [2.45, 2.75) is 39.3 Å². The lowest BCUT2D eigenvalue weighted by molar-refractivity contribution is -0.130. The fourth-order valence-corrected chi connectivity index (χ4v) is 4.43. The van der Waals surface area contributed by atoms with E-state index >= 15 is 0 Å². The number of nitrogens with zero attached hydrogens (tertiary/aromatic N) is 4. The van der Waals surface area contributed by atoms with Crippen LogP contribution in [0.4, 0.5) is 10.3 Å². The third-order valence-corrected chi connectivity index (χ3v) is 6.46. The number of nitrogens with one attached hydrogen (secondary N) is 2. The van der Waals surface area contributed by atoms with Gasteiger partial charge in [0.25, 0.3) is 5.91 Å². The van der Waals surface area contributed by atoms with Gasteiger partial charge in [-0.1, -0.05) is 0 Å². The molecule has 35 heavy (non-hydrogen) atoms. The summed E-state index contributed by atoms with van der Waals surface area (Å²) in [5, 5.41) is 7.88. The molecule has 4 rings (SSSR count). The zero-order valence-electron chi connectivity index (χ0n) is 20.2. The van der Waals surface area contributed by atoms with E-state index in [1.807, 2.05) is 39.1 Å². The van der Waals surface area contributed by atoms with Crippen LogP contribution in [0, 0.1) is 11.7 Å². The van der Waals surface area contributed by atoms with E-state index in [2.05, 4.69) is 25.6 Å². The molecule has 0 aromatic carbocycles. The maximum Gasteiger partial charge on any atom is 0.274 e. The first-order chi connectivity index (χ1) is 16.6. The van der Waals surface area contributed by atoms with E-state index < -0.39 is 5.82 Å². The number of thiophene rings is 1. The number of amides is 2. The molecular formula is C24H29FN6O3S. The van der Waals surface area contributed by atoms with Gasteiger partial charge in [0.05, 0.1) is 28.1 Å². The molecule has 186 valence electrons. The van der Waals surface area contributed by atoms with E-state index in [1.165, 1.54) is 17.4 Å². The number of halogens is 1. The Kier molecular flexibility index (Phi) is 7.27. The van der Waals surface area contributed by atoms with Gasteiger partial charge in [0, 0.05) is 31.7 Å². The number of aromatic nitrogens is 3. The molecule has 9 nitrogen and oxygen atoms in total. The van der Waals surface area contributed by atoms with Gasteiger partial charge < -0.3 is 20.3 Å². The van der Waals surface area contributed by atoms with Crippen molar-refractivity contribution in [1.29, 1.82) is 0 Å². The summed E-state index contributed by atoms with van der Waals surface area (Å²) < 4.78 is 19.8. The Morgan fingerprint density at radius 3 is 2.77 bits per heavy atom. The summed E-state index contributed by atoms with van der Waals surface area (Å²) in [4.78, 5) is 39.8. The van der Waals surface area contributed by atoms with Crippen LogP contribution >= 0.6 is 11.3 Å². The van der Waals surface area contributed by atoms with Crippen LogP contribution in [-0.2, 0) is 9.53 Å². The van der Waals surface area contributed by atoms with Gasteiger partial charge in [-0.3, -0.25) is 14.6 Å². The molecule has 2 amide bonds. The smallest absolute Gasteiger partial charge is 0.274 e. The molecule has 1 fully saturated rings. The van der Waals surface area contributed by atoms with Crippen LogP contribution in [0.5, 0.6) is 0 Å². The van der Waals surface area contributed by atoms with Crippen LogP contribution in [-0.4, -0.2) is 63.5 Å². The molecule has 0 unspecified atom stereocenters. The lowest BCUT2D eigenvalue weighted by Gasteiger charge is -2.39.